The molecule has 9 heteroatoms. The van der Waals surface area contributed by atoms with Gasteiger partial charge >= 0.3 is 6.18 Å². The van der Waals surface area contributed by atoms with Crippen LogP contribution in [0, 0.1) is 0 Å². The standard InChI is InChI=1S/C15H11F3N2O4/c1-2-20-6-7(5-19-20)10-11(22)8-3-4-9(21)12(23)13(8)24-14(10)15(16,17)18/h3-6,21,23H,2H2,1H3. The first kappa shape index (κ1) is 15.9. The lowest BCUT2D eigenvalue weighted by Gasteiger charge is -2.12. The van der Waals surface area contributed by atoms with Crippen LogP contribution in [-0.4, -0.2) is 20.0 Å². The predicted octanol–water partition coefficient (Wildman–Crippen LogP) is 3.11. The van der Waals surface area contributed by atoms with E-state index in [9.17, 15) is 28.2 Å². The summed E-state index contributed by atoms with van der Waals surface area (Å²) < 4.78 is 46.2. The summed E-state index contributed by atoms with van der Waals surface area (Å²) in [6.45, 7) is 2.15. The molecule has 3 aromatic rings. The van der Waals surface area contributed by atoms with E-state index in [1.54, 1.807) is 6.92 Å². The van der Waals surface area contributed by atoms with Gasteiger partial charge in [0.1, 0.15) is 0 Å². The summed E-state index contributed by atoms with van der Waals surface area (Å²) in [6.07, 6.45) is -2.54. The molecule has 2 aromatic heterocycles. The van der Waals surface area contributed by atoms with Gasteiger partial charge in [0.25, 0.3) is 0 Å². The van der Waals surface area contributed by atoms with Crippen LogP contribution in [0.15, 0.2) is 33.7 Å². The molecule has 2 heterocycles. The Kier molecular flexibility index (Phi) is 3.51. The lowest BCUT2D eigenvalue weighted by molar-refractivity contribution is -0.152. The van der Waals surface area contributed by atoms with Crippen LogP contribution in [0.1, 0.15) is 12.7 Å². The van der Waals surface area contributed by atoms with Crippen molar-refractivity contribution in [3.05, 3.63) is 40.5 Å². The number of phenolic OH excluding ortho intramolecular Hbond substituents is 2. The van der Waals surface area contributed by atoms with Crippen molar-refractivity contribution < 1.29 is 27.8 Å². The van der Waals surface area contributed by atoms with Gasteiger partial charge in [-0.1, -0.05) is 0 Å². The van der Waals surface area contributed by atoms with Crippen LogP contribution in [0.5, 0.6) is 11.5 Å². The Hall–Kier alpha value is -2.97. The van der Waals surface area contributed by atoms with E-state index in [2.05, 4.69) is 5.10 Å². The fourth-order valence-corrected chi connectivity index (χ4v) is 2.36. The van der Waals surface area contributed by atoms with Crippen LogP contribution in [0.3, 0.4) is 0 Å². The SMILES string of the molecule is CCn1cc(-c2c(C(F)(F)F)oc3c(O)c(O)ccc3c2=O)cn1. The Labute approximate surface area is 132 Å². The first-order chi connectivity index (χ1) is 11.2. The van der Waals surface area contributed by atoms with Crippen molar-refractivity contribution in [2.75, 3.05) is 0 Å². The zero-order valence-corrected chi connectivity index (χ0v) is 12.3. The normalized spacial score (nSPS) is 12.0. The predicted molar refractivity (Wildman–Crippen MR) is 77.7 cm³/mol. The molecule has 0 atom stereocenters. The summed E-state index contributed by atoms with van der Waals surface area (Å²) in [4.78, 5) is 12.6. The summed E-state index contributed by atoms with van der Waals surface area (Å²) in [5, 5.41) is 22.7. The Morgan fingerprint density at radius 2 is 2.00 bits per heavy atom. The topological polar surface area (TPSA) is 88.5 Å². The molecule has 0 aliphatic rings. The highest BCUT2D eigenvalue weighted by atomic mass is 19.4. The number of fused-ring (bicyclic) bond motifs is 1. The van der Waals surface area contributed by atoms with E-state index in [0.717, 1.165) is 18.3 Å². The zero-order chi connectivity index (χ0) is 17.6. The van der Waals surface area contributed by atoms with E-state index in [0.29, 0.717) is 6.54 Å². The van der Waals surface area contributed by atoms with Gasteiger partial charge in [-0.15, -0.1) is 0 Å². The number of benzene rings is 1. The second-order valence-corrected chi connectivity index (χ2v) is 5.03. The first-order valence-corrected chi connectivity index (χ1v) is 6.85. The molecule has 0 amide bonds. The van der Waals surface area contributed by atoms with E-state index in [4.69, 9.17) is 4.42 Å². The fraction of sp³-hybridized carbons (Fsp3) is 0.200. The van der Waals surface area contributed by atoms with Gasteiger partial charge in [0.05, 0.1) is 17.1 Å². The third-order valence-corrected chi connectivity index (χ3v) is 3.52. The molecule has 0 aliphatic heterocycles. The zero-order valence-electron chi connectivity index (χ0n) is 12.3. The number of phenols is 2. The van der Waals surface area contributed by atoms with Crippen LogP contribution in [0.2, 0.25) is 0 Å². The molecule has 6 nitrogen and oxygen atoms in total. The molecule has 0 fully saturated rings. The van der Waals surface area contributed by atoms with Crippen molar-refractivity contribution in [3.8, 4) is 22.6 Å². The largest absolute Gasteiger partial charge is 0.504 e. The third-order valence-electron chi connectivity index (χ3n) is 3.52. The summed E-state index contributed by atoms with van der Waals surface area (Å²) >= 11 is 0. The van der Waals surface area contributed by atoms with E-state index in [1.165, 1.54) is 10.9 Å². The molecule has 24 heavy (non-hydrogen) atoms. The molecule has 0 aliphatic carbocycles. The number of rotatable bonds is 2. The van der Waals surface area contributed by atoms with Crippen molar-refractivity contribution in [2.45, 2.75) is 19.6 Å². The Bertz CT molecular complexity index is 989. The van der Waals surface area contributed by atoms with Crippen LogP contribution >= 0.6 is 0 Å². The van der Waals surface area contributed by atoms with Crippen molar-refractivity contribution in [1.29, 1.82) is 0 Å². The summed E-state index contributed by atoms with van der Waals surface area (Å²) in [5.41, 5.74) is -2.44. The van der Waals surface area contributed by atoms with Gasteiger partial charge in [-0.05, 0) is 19.1 Å². The lowest BCUT2D eigenvalue weighted by Crippen LogP contribution is -2.16. The van der Waals surface area contributed by atoms with Gasteiger partial charge in [0.2, 0.25) is 16.9 Å². The average molecular weight is 340 g/mol. The van der Waals surface area contributed by atoms with E-state index in [-0.39, 0.29) is 10.9 Å². The summed E-state index contributed by atoms with van der Waals surface area (Å²) in [6, 6.07) is 2.09. The molecule has 0 spiro atoms. The molecule has 2 N–H and O–H groups in total. The number of aromatic nitrogens is 2. The molecule has 0 bridgehead atoms. The van der Waals surface area contributed by atoms with Crippen molar-refractivity contribution in [3.63, 3.8) is 0 Å². The van der Waals surface area contributed by atoms with Crippen molar-refractivity contribution in [1.82, 2.24) is 9.78 Å². The van der Waals surface area contributed by atoms with Crippen molar-refractivity contribution >= 4 is 11.0 Å². The maximum Gasteiger partial charge on any atom is 0.450 e. The van der Waals surface area contributed by atoms with Gasteiger partial charge in [0, 0.05) is 18.3 Å². The minimum absolute atomic E-state index is 0.0487. The quantitative estimate of drug-likeness (QED) is 0.700. The molecule has 1 aromatic carbocycles. The van der Waals surface area contributed by atoms with E-state index in [1.807, 2.05) is 0 Å². The monoisotopic (exact) mass is 340 g/mol. The third kappa shape index (κ3) is 2.38. The number of hydrogen-bond donors (Lipinski definition) is 2. The van der Waals surface area contributed by atoms with Crippen LogP contribution in [-0.2, 0) is 12.7 Å². The molecule has 0 unspecified atom stereocenters. The highest BCUT2D eigenvalue weighted by Crippen LogP contribution is 2.40. The Morgan fingerprint density at radius 1 is 1.29 bits per heavy atom. The Balaban J connectivity index is 2.45. The fourth-order valence-electron chi connectivity index (χ4n) is 2.36. The number of aryl methyl sites for hydroxylation is 1. The maximum atomic E-state index is 13.4. The number of alkyl halides is 3. The highest BCUT2D eigenvalue weighted by Gasteiger charge is 2.40. The van der Waals surface area contributed by atoms with Crippen LogP contribution in [0.25, 0.3) is 22.1 Å². The van der Waals surface area contributed by atoms with Gasteiger partial charge < -0.3 is 14.6 Å². The summed E-state index contributed by atoms with van der Waals surface area (Å²) in [7, 11) is 0. The smallest absolute Gasteiger partial charge is 0.450 e. The second-order valence-electron chi connectivity index (χ2n) is 5.03. The molecule has 3 rings (SSSR count). The molecule has 0 saturated carbocycles. The van der Waals surface area contributed by atoms with Gasteiger partial charge in [-0.25, -0.2) is 0 Å². The summed E-state index contributed by atoms with van der Waals surface area (Å²) in [5.74, 6) is -3.17. The van der Waals surface area contributed by atoms with Gasteiger partial charge in [0.15, 0.2) is 11.3 Å². The minimum Gasteiger partial charge on any atom is -0.504 e. The lowest BCUT2D eigenvalue weighted by atomic mass is 10.0. The average Bonchev–Trinajstić information content (AvgIpc) is 2.98. The number of hydrogen-bond acceptors (Lipinski definition) is 5. The minimum atomic E-state index is -4.98. The molecule has 126 valence electrons. The second kappa shape index (κ2) is 5.29. The maximum absolute atomic E-state index is 13.4. The van der Waals surface area contributed by atoms with Gasteiger partial charge in [-0.3, -0.25) is 9.48 Å². The number of nitrogens with zero attached hydrogens (tertiary/aromatic N) is 2. The Morgan fingerprint density at radius 3 is 2.58 bits per heavy atom. The van der Waals surface area contributed by atoms with E-state index >= 15 is 0 Å². The number of halogens is 3. The highest BCUT2D eigenvalue weighted by molar-refractivity contribution is 5.88. The van der Waals surface area contributed by atoms with Gasteiger partial charge in [-0.2, -0.15) is 18.3 Å². The van der Waals surface area contributed by atoms with E-state index < -0.39 is 40.0 Å². The van der Waals surface area contributed by atoms with Crippen LogP contribution < -0.4 is 5.43 Å². The molecular weight excluding hydrogens is 329 g/mol. The number of aromatic hydroxyl groups is 2. The van der Waals surface area contributed by atoms with Crippen molar-refractivity contribution in [2.24, 2.45) is 0 Å². The molecule has 0 radical (unpaired) electrons. The molecule has 0 saturated heterocycles. The molecular formula is C15H11F3N2O4. The first-order valence-electron chi connectivity index (χ1n) is 6.85. The van der Waals surface area contributed by atoms with Crippen LogP contribution in [0.4, 0.5) is 13.2 Å².